The smallest absolute Gasteiger partial charge is 0.325 e. The summed E-state index contributed by atoms with van der Waals surface area (Å²) in [6, 6.07) is -1.65. The van der Waals surface area contributed by atoms with Crippen LogP contribution in [0.2, 0.25) is 0 Å². The van der Waals surface area contributed by atoms with Crippen molar-refractivity contribution >= 4 is 29.8 Å². The molecule has 0 atom stereocenters. The zero-order valence-corrected chi connectivity index (χ0v) is 11.6. The molecule has 1 aliphatic heterocycles. The summed E-state index contributed by atoms with van der Waals surface area (Å²) in [5, 5.41) is 4.17. The Morgan fingerprint density at radius 3 is 2.43 bits per heavy atom. The summed E-state index contributed by atoms with van der Waals surface area (Å²) in [4.78, 5) is 56.9. The van der Waals surface area contributed by atoms with Crippen LogP contribution in [0.3, 0.4) is 0 Å². The zero-order valence-electron chi connectivity index (χ0n) is 11.6. The summed E-state index contributed by atoms with van der Waals surface area (Å²) in [6.07, 6.45) is -0.265. The minimum atomic E-state index is -1.06. The number of nitrogens with zero attached hydrogens (tertiary/aromatic N) is 1. The van der Waals surface area contributed by atoms with E-state index in [9.17, 15) is 24.0 Å². The van der Waals surface area contributed by atoms with Crippen LogP contribution >= 0.6 is 0 Å². The van der Waals surface area contributed by atoms with Gasteiger partial charge in [-0.25, -0.2) is 9.59 Å². The van der Waals surface area contributed by atoms with Gasteiger partial charge in [0.05, 0.1) is 6.42 Å². The first-order valence-corrected chi connectivity index (χ1v) is 6.02. The Morgan fingerprint density at radius 2 is 1.95 bits per heavy atom. The molecule has 4 N–H and O–H groups in total. The number of esters is 1. The van der Waals surface area contributed by atoms with Crippen LogP contribution in [0.5, 0.6) is 0 Å². The van der Waals surface area contributed by atoms with Crippen LogP contribution in [-0.2, 0) is 19.1 Å². The SMILES string of the molecule is CC1(C)NC(=O)N(CCC(=O)OCC(=O)NC(N)=O)C1=O. The molecule has 0 saturated carbocycles. The third-order valence-electron chi connectivity index (χ3n) is 2.61. The van der Waals surface area contributed by atoms with Crippen molar-refractivity contribution in [2.45, 2.75) is 25.8 Å². The third-order valence-corrected chi connectivity index (χ3v) is 2.61. The maximum Gasteiger partial charge on any atom is 0.325 e. The van der Waals surface area contributed by atoms with Crippen LogP contribution in [0.1, 0.15) is 20.3 Å². The van der Waals surface area contributed by atoms with Crippen LogP contribution in [0, 0.1) is 0 Å². The topological polar surface area (TPSA) is 148 Å². The van der Waals surface area contributed by atoms with E-state index in [0.717, 1.165) is 4.90 Å². The number of ether oxygens (including phenoxy) is 1. The van der Waals surface area contributed by atoms with E-state index in [1.54, 1.807) is 19.2 Å². The molecule has 0 aromatic carbocycles. The molecule has 0 aromatic heterocycles. The number of nitrogens with one attached hydrogen (secondary N) is 2. The molecule has 1 aliphatic rings. The maximum absolute atomic E-state index is 11.8. The van der Waals surface area contributed by atoms with Gasteiger partial charge in [-0.2, -0.15) is 0 Å². The number of amides is 6. The van der Waals surface area contributed by atoms with Crippen LogP contribution in [0.15, 0.2) is 0 Å². The highest BCUT2D eigenvalue weighted by Gasteiger charge is 2.44. The van der Waals surface area contributed by atoms with Gasteiger partial charge >= 0.3 is 18.0 Å². The largest absolute Gasteiger partial charge is 0.456 e. The molecule has 0 aliphatic carbocycles. The molecule has 1 fully saturated rings. The van der Waals surface area contributed by atoms with Crippen LogP contribution in [-0.4, -0.2) is 53.4 Å². The first-order valence-electron chi connectivity index (χ1n) is 6.02. The number of carbonyl (C=O) groups excluding carboxylic acids is 5. The number of rotatable bonds is 5. The fourth-order valence-electron chi connectivity index (χ4n) is 1.62. The van der Waals surface area contributed by atoms with Crippen molar-refractivity contribution in [3.05, 3.63) is 0 Å². The average molecular weight is 300 g/mol. The lowest BCUT2D eigenvalue weighted by atomic mass is 10.1. The Balaban J connectivity index is 2.37. The van der Waals surface area contributed by atoms with E-state index < -0.39 is 42.0 Å². The van der Waals surface area contributed by atoms with E-state index in [1.807, 2.05) is 0 Å². The van der Waals surface area contributed by atoms with Gasteiger partial charge in [-0.3, -0.25) is 24.6 Å². The monoisotopic (exact) mass is 300 g/mol. The molecular formula is C11H16N4O6. The number of primary amides is 1. The number of hydrogen-bond donors (Lipinski definition) is 3. The van der Waals surface area contributed by atoms with E-state index in [-0.39, 0.29) is 13.0 Å². The van der Waals surface area contributed by atoms with Crippen molar-refractivity contribution in [2.75, 3.05) is 13.2 Å². The molecule has 6 amide bonds. The summed E-state index contributed by atoms with van der Waals surface area (Å²) in [5.74, 6) is -2.11. The van der Waals surface area contributed by atoms with Crippen molar-refractivity contribution in [3.8, 4) is 0 Å². The van der Waals surface area contributed by atoms with Gasteiger partial charge in [0.2, 0.25) is 0 Å². The molecule has 116 valence electrons. The molecule has 1 heterocycles. The first-order chi connectivity index (χ1) is 9.63. The lowest BCUT2D eigenvalue weighted by Gasteiger charge is -2.15. The molecule has 21 heavy (non-hydrogen) atoms. The first kappa shape index (κ1) is 16.4. The fourth-order valence-corrected chi connectivity index (χ4v) is 1.62. The standard InChI is InChI=1S/C11H16N4O6/c1-11(2)8(18)15(10(20)14-11)4-3-7(17)21-5-6(16)13-9(12)19/h3-5H2,1-2H3,(H,14,20)(H3,12,13,16,19). The van der Waals surface area contributed by atoms with Crippen LogP contribution < -0.4 is 16.4 Å². The van der Waals surface area contributed by atoms with Crippen molar-refractivity contribution in [1.82, 2.24) is 15.5 Å². The predicted octanol–water partition coefficient (Wildman–Crippen LogP) is -1.55. The molecule has 0 unspecified atom stereocenters. The molecule has 0 aromatic rings. The van der Waals surface area contributed by atoms with Crippen molar-refractivity contribution in [1.29, 1.82) is 0 Å². The molecule has 10 heteroatoms. The number of urea groups is 2. The summed E-state index contributed by atoms with van der Waals surface area (Å²) >= 11 is 0. The van der Waals surface area contributed by atoms with E-state index in [0.29, 0.717) is 0 Å². The minimum Gasteiger partial charge on any atom is -0.456 e. The minimum absolute atomic E-state index is 0.162. The quantitative estimate of drug-likeness (QED) is 0.413. The number of carbonyl (C=O) groups is 5. The summed E-state index contributed by atoms with van der Waals surface area (Å²) in [6.45, 7) is 2.25. The van der Waals surface area contributed by atoms with Gasteiger partial charge in [-0.1, -0.05) is 0 Å². The third kappa shape index (κ3) is 4.44. The van der Waals surface area contributed by atoms with Gasteiger partial charge in [-0.05, 0) is 13.8 Å². The Morgan fingerprint density at radius 1 is 1.33 bits per heavy atom. The second-order valence-corrected chi connectivity index (χ2v) is 4.84. The Bertz CT molecular complexity index is 501. The molecule has 1 rings (SSSR count). The Kier molecular flexibility index (Phi) is 4.84. The molecule has 0 radical (unpaired) electrons. The average Bonchev–Trinajstić information content (AvgIpc) is 2.53. The lowest BCUT2D eigenvalue weighted by molar-refractivity contribution is -0.148. The number of nitrogens with two attached hydrogens (primary N) is 1. The highest BCUT2D eigenvalue weighted by molar-refractivity contribution is 6.06. The summed E-state index contributed by atoms with van der Waals surface area (Å²) < 4.78 is 4.56. The van der Waals surface area contributed by atoms with Crippen LogP contribution in [0.25, 0.3) is 0 Å². The second kappa shape index (κ2) is 6.20. The molecule has 10 nitrogen and oxygen atoms in total. The van der Waals surface area contributed by atoms with E-state index in [2.05, 4.69) is 10.1 Å². The van der Waals surface area contributed by atoms with E-state index in [4.69, 9.17) is 5.73 Å². The fraction of sp³-hybridized carbons (Fsp3) is 0.545. The maximum atomic E-state index is 11.8. The van der Waals surface area contributed by atoms with Crippen LogP contribution in [0.4, 0.5) is 9.59 Å². The molecule has 0 bridgehead atoms. The zero-order chi connectivity index (χ0) is 16.2. The van der Waals surface area contributed by atoms with Gasteiger partial charge in [0, 0.05) is 6.54 Å². The normalized spacial score (nSPS) is 16.4. The Hall–Kier alpha value is -2.65. The lowest BCUT2D eigenvalue weighted by Crippen LogP contribution is -2.40. The van der Waals surface area contributed by atoms with Gasteiger partial charge in [0.15, 0.2) is 6.61 Å². The van der Waals surface area contributed by atoms with Gasteiger partial charge in [-0.15, -0.1) is 0 Å². The number of imide groups is 2. The summed E-state index contributed by atoms with van der Waals surface area (Å²) in [5.41, 5.74) is 3.69. The van der Waals surface area contributed by atoms with Gasteiger partial charge < -0.3 is 15.8 Å². The van der Waals surface area contributed by atoms with E-state index in [1.165, 1.54) is 0 Å². The van der Waals surface area contributed by atoms with Crippen molar-refractivity contribution in [3.63, 3.8) is 0 Å². The number of hydrogen-bond acceptors (Lipinski definition) is 6. The van der Waals surface area contributed by atoms with Gasteiger partial charge in [0.1, 0.15) is 5.54 Å². The molecule has 0 spiro atoms. The van der Waals surface area contributed by atoms with Gasteiger partial charge in [0.25, 0.3) is 11.8 Å². The predicted molar refractivity (Wildman–Crippen MR) is 67.6 cm³/mol. The Labute approximate surface area is 120 Å². The van der Waals surface area contributed by atoms with Crippen molar-refractivity contribution < 1.29 is 28.7 Å². The highest BCUT2D eigenvalue weighted by Crippen LogP contribution is 2.16. The summed E-state index contributed by atoms with van der Waals surface area (Å²) in [7, 11) is 0. The highest BCUT2D eigenvalue weighted by atomic mass is 16.5. The molecular weight excluding hydrogens is 284 g/mol. The molecule has 1 saturated heterocycles. The van der Waals surface area contributed by atoms with Crippen molar-refractivity contribution in [2.24, 2.45) is 5.73 Å². The van der Waals surface area contributed by atoms with E-state index >= 15 is 0 Å². The second-order valence-electron chi connectivity index (χ2n) is 4.84.